The average Bonchev–Trinajstić information content (AvgIpc) is 2.36. The number of benzene rings is 1. The van der Waals surface area contributed by atoms with Crippen molar-refractivity contribution in [2.45, 2.75) is 13.8 Å². The molecule has 0 saturated carbocycles. The van der Waals surface area contributed by atoms with E-state index in [2.05, 4.69) is 0 Å². The molecule has 0 atom stereocenters. The van der Waals surface area contributed by atoms with Crippen LogP contribution in [0.5, 0.6) is 0 Å². The summed E-state index contributed by atoms with van der Waals surface area (Å²) in [5.74, 6) is -0.384. The summed E-state index contributed by atoms with van der Waals surface area (Å²) in [7, 11) is 1.36. The molecule has 0 bridgehead atoms. The molecule has 0 aliphatic rings. The summed E-state index contributed by atoms with van der Waals surface area (Å²) >= 11 is 0. The minimum Gasteiger partial charge on any atom is -0.465 e. The number of aryl methyl sites for hydroxylation is 1. The molecule has 0 unspecified atom stereocenters. The van der Waals surface area contributed by atoms with E-state index in [-0.39, 0.29) is 5.97 Å². The lowest BCUT2D eigenvalue weighted by Gasteiger charge is -2.10. The maximum atomic E-state index is 11.6. The van der Waals surface area contributed by atoms with Crippen LogP contribution in [-0.4, -0.2) is 13.1 Å². The first kappa shape index (κ1) is 13.0. The van der Waals surface area contributed by atoms with E-state index in [4.69, 9.17) is 10.5 Å². The monoisotopic (exact) mass is 231 g/mol. The van der Waals surface area contributed by atoms with Crippen molar-refractivity contribution in [3.63, 3.8) is 0 Å². The van der Waals surface area contributed by atoms with E-state index in [1.165, 1.54) is 13.3 Å². The smallest absolute Gasteiger partial charge is 0.338 e. The fourth-order valence-electron chi connectivity index (χ4n) is 1.57. The topological polar surface area (TPSA) is 52.3 Å². The van der Waals surface area contributed by atoms with Crippen LogP contribution in [0.4, 0.5) is 0 Å². The quantitative estimate of drug-likeness (QED) is 0.494. The molecule has 3 nitrogen and oxygen atoms in total. The number of ether oxygens (including phenoxy) is 1. The molecule has 2 N–H and O–H groups in total. The maximum Gasteiger partial charge on any atom is 0.338 e. The first-order chi connectivity index (χ1) is 8.13. The Bertz CT molecular complexity index is 456. The van der Waals surface area contributed by atoms with Crippen LogP contribution in [0.3, 0.4) is 0 Å². The zero-order chi connectivity index (χ0) is 12.8. The molecule has 1 aromatic carbocycles. The molecule has 0 saturated heterocycles. The predicted molar refractivity (Wildman–Crippen MR) is 69.1 cm³/mol. The number of carbonyl (C=O) groups excluding carboxylic acids is 1. The SMILES string of the molecule is C/C=C(C(=O)OC)\C(=C/N)c1ccc(C)cc1. The zero-order valence-electron chi connectivity index (χ0n) is 10.4. The molecule has 0 spiro atoms. The van der Waals surface area contributed by atoms with Gasteiger partial charge in [-0.05, 0) is 19.4 Å². The van der Waals surface area contributed by atoms with Crippen molar-refractivity contribution in [2.24, 2.45) is 5.73 Å². The summed E-state index contributed by atoms with van der Waals surface area (Å²) in [5, 5.41) is 0. The highest BCUT2D eigenvalue weighted by Crippen LogP contribution is 2.23. The number of esters is 1. The Hall–Kier alpha value is -2.03. The van der Waals surface area contributed by atoms with Crippen LogP contribution >= 0.6 is 0 Å². The summed E-state index contributed by atoms with van der Waals surface area (Å²) in [6.45, 7) is 3.79. The molecule has 0 aliphatic carbocycles. The van der Waals surface area contributed by atoms with Crippen molar-refractivity contribution in [1.29, 1.82) is 0 Å². The van der Waals surface area contributed by atoms with Gasteiger partial charge >= 0.3 is 5.97 Å². The standard InChI is InChI=1S/C14H17NO2/c1-4-12(14(16)17-3)13(9-15)11-7-5-10(2)6-8-11/h4-9H,15H2,1-3H3/b12-4+,13-9-. The Labute approximate surface area is 102 Å². The second-order valence-corrected chi connectivity index (χ2v) is 3.64. The van der Waals surface area contributed by atoms with Crippen LogP contribution in [0.15, 0.2) is 42.1 Å². The molecular weight excluding hydrogens is 214 g/mol. The number of carbonyl (C=O) groups is 1. The fraction of sp³-hybridized carbons (Fsp3) is 0.214. The van der Waals surface area contributed by atoms with Crippen molar-refractivity contribution in [2.75, 3.05) is 7.11 Å². The van der Waals surface area contributed by atoms with Gasteiger partial charge in [-0.3, -0.25) is 0 Å². The van der Waals surface area contributed by atoms with Crippen LogP contribution in [0.25, 0.3) is 5.57 Å². The van der Waals surface area contributed by atoms with Gasteiger partial charge in [0.15, 0.2) is 0 Å². The number of hydrogen-bond acceptors (Lipinski definition) is 3. The van der Waals surface area contributed by atoms with Crippen LogP contribution in [0, 0.1) is 6.92 Å². The Balaban J connectivity index is 3.16. The summed E-state index contributed by atoms with van der Waals surface area (Å²) in [4.78, 5) is 11.6. The Morgan fingerprint density at radius 3 is 2.29 bits per heavy atom. The van der Waals surface area contributed by atoms with Gasteiger partial charge in [0, 0.05) is 11.8 Å². The number of nitrogens with two attached hydrogens (primary N) is 1. The molecule has 17 heavy (non-hydrogen) atoms. The van der Waals surface area contributed by atoms with Crippen LogP contribution < -0.4 is 5.73 Å². The van der Waals surface area contributed by atoms with Gasteiger partial charge in [0.2, 0.25) is 0 Å². The Morgan fingerprint density at radius 2 is 1.88 bits per heavy atom. The molecule has 90 valence electrons. The van der Waals surface area contributed by atoms with Gasteiger partial charge in [-0.2, -0.15) is 0 Å². The summed E-state index contributed by atoms with van der Waals surface area (Å²) < 4.78 is 4.73. The zero-order valence-corrected chi connectivity index (χ0v) is 10.4. The van der Waals surface area contributed by atoms with Gasteiger partial charge in [0.05, 0.1) is 12.7 Å². The van der Waals surface area contributed by atoms with Gasteiger partial charge in [0.25, 0.3) is 0 Å². The molecule has 0 aromatic heterocycles. The molecule has 1 aromatic rings. The second-order valence-electron chi connectivity index (χ2n) is 3.64. The van der Waals surface area contributed by atoms with E-state index >= 15 is 0 Å². The van der Waals surface area contributed by atoms with Crippen molar-refractivity contribution >= 4 is 11.5 Å². The van der Waals surface area contributed by atoms with Crippen molar-refractivity contribution in [3.8, 4) is 0 Å². The van der Waals surface area contributed by atoms with Crippen molar-refractivity contribution in [1.82, 2.24) is 0 Å². The largest absolute Gasteiger partial charge is 0.465 e. The number of allylic oxidation sites excluding steroid dienone is 1. The third-order valence-corrected chi connectivity index (χ3v) is 2.51. The third kappa shape index (κ3) is 2.97. The van der Waals surface area contributed by atoms with E-state index in [9.17, 15) is 4.79 Å². The molecule has 0 heterocycles. The van der Waals surface area contributed by atoms with Crippen LogP contribution in [0.2, 0.25) is 0 Å². The molecule has 0 aliphatic heterocycles. The van der Waals surface area contributed by atoms with E-state index in [1.807, 2.05) is 31.2 Å². The first-order valence-electron chi connectivity index (χ1n) is 5.38. The molecule has 3 heteroatoms. The van der Waals surface area contributed by atoms with Gasteiger partial charge in [-0.25, -0.2) is 4.79 Å². The van der Waals surface area contributed by atoms with E-state index in [1.54, 1.807) is 13.0 Å². The lowest BCUT2D eigenvalue weighted by atomic mass is 9.98. The molecule has 0 fully saturated rings. The normalized spacial score (nSPS) is 12.4. The second kappa shape index (κ2) is 5.89. The maximum absolute atomic E-state index is 11.6. The molecule has 1 rings (SSSR count). The first-order valence-corrected chi connectivity index (χ1v) is 5.38. The lowest BCUT2D eigenvalue weighted by Crippen LogP contribution is -2.08. The van der Waals surface area contributed by atoms with Crippen molar-refractivity contribution in [3.05, 3.63) is 53.2 Å². The van der Waals surface area contributed by atoms with Crippen molar-refractivity contribution < 1.29 is 9.53 Å². The lowest BCUT2D eigenvalue weighted by molar-refractivity contribution is -0.135. The minimum absolute atomic E-state index is 0.384. The highest BCUT2D eigenvalue weighted by atomic mass is 16.5. The minimum atomic E-state index is -0.384. The van der Waals surface area contributed by atoms with Gasteiger partial charge in [-0.1, -0.05) is 35.9 Å². The molecular formula is C14H17NO2. The summed E-state index contributed by atoms with van der Waals surface area (Å²) in [6, 6.07) is 7.81. The van der Waals surface area contributed by atoms with E-state index in [0.717, 1.165) is 11.1 Å². The fourth-order valence-corrected chi connectivity index (χ4v) is 1.57. The van der Waals surface area contributed by atoms with Gasteiger partial charge in [-0.15, -0.1) is 0 Å². The third-order valence-electron chi connectivity index (χ3n) is 2.51. The predicted octanol–water partition coefficient (Wildman–Crippen LogP) is 2.41. The van der Waals surface area contributed by atoms with E-state index < -0.39 is 0 Å². The average molecular weight is 231 g/mol. The number of methoxy groups -OCH3 is 1. The van der Waals surface area contributed by atoms with Crippen LogP contribution in [0.1, 0.15) is 18.1 Å². The number of hydrogen-bond donors (Lipinski definition) is 1. The summed E-state index contributed by atoms with van der Waals surface area (Å²) in [6.07, 6.45) is 3.13. The highest BCUT2D eigenvalue weighted by molar-refractivity contribution is 6.06. The van der Waals surface area contributed by atoms with Gasteiger partial charge < -0.3 is 10.5 Å². The molecule has 0 amide bonds. The summed E-state index contributed by atoms with van der Waals surface area (Å²) in [5.41, 5.74) is 8.81. The van der Waals surface area contributed by atoms with Gasteiger partial charge in [0.1, 0.15) is 0 Å². The Kier molecular flexibility index (Phi) is 4.52. The van der Waals surface area contributed by atoms with Crippen LogP contribution in [-0.2, 0) is 9.53 Å². The Morgan fingerprint density at radius 1 is 1.29 bits per heavy atom. The van der Waals surface area contributed by atoms with E-state index in [0.29, 0.717) is 11.1 Å². The highest BCUT2D eigenvalue weighted by Gasteiger charge is 2.15. The molecule has 0 radical (unpaired) electrons. The number of rotatable bonds is 3.